The molecule has 2 aliphatic rings. The Hall–Kier alpha value is -5.00. The largest absolute Gasteiger partial charge is 0.508 e. The molecule has 212 valence electrons. The fourth-order valence-corrected chi connectivity index (χ4v) is 5.66. The Bertz CT molecular complexity index is 1650. The lowest BCUT2D eigenvalue weighted by Crippen LogP contribution is -2.36. The molecule has 0 radical (unpaired) electrons. The molecule has 2 heterocycles. The predicted molar refractivity (Wildman–Crippen MR) is 142 cm³/mol. The van der Waals surface area contributed by atoms with Crippen LogP contribution < -0.4 is 9.47 Å². The van der Waals surface area contributed by atoms with E-state index in [0.29, 0.717) is 5.56 Å². The molecule has 0 amide bonds. The van der Waals surface area contributed by atoms with Crippen LogP contribution in [-0.4, -0.2) is 58.2 Å². The summed E-state index contributed by atoms with van der Waals surface area (Å²) < 4.78 is 12.2. The number of aromatic hydroxyl groups is 7. The molecule has 5 atom stereocenters. The van der Waals surface area contributed by atoms with Crippen molar-refractivity contribution in [1.29, 1.82) is 0 Å². The van der Waals surface area contributed by atoms with Gasteiger partial charge in [0.15, 0.2) is 17.6 Å². The third kappa shape index (κ3) is 4.31. The zero-order valence-corrected chi connectivity index (χ0v) is 21.2. The number of phenolic OH excluding ortho intramolecular Hbond substituents is 7. The minimum atomic E-state index is -1.48. The van der Waals surface area contributed by atoms with Crippen LogP contribution in [0.2, 0.25) is 0 Å². The summed E-state index contributed by atoms with van der Waals surface area (Å²) >= 11 is 0. The van der Waals surface area contributed by atoms with Crippen molar-refractivity contribution in [2.45, 2.75) is 36.8 Å². The van der Waals surface area contributed by atoms with Crippen LogP contribution in [0.1, 0.15) is 45.9 Å². The number of fused-ring (bicyclic) bond motifs is 2. The standard InChI is InChI=1S/C30H26O11/c31-14-4-1-12(2-5-14)29-27(39)26(24-20(36)8-15(32)9-23(24)40-29)25-21(37)11-18(34)16-10-22(38)28(41-30(16)25)13-3-6-17(33)19(35)7-13/h1-9,11,22,26-29,31-39H,10H2/t22-,26+,27+,28+,29+/m0/s1. The van der Waals surface area contributed by atoms with E-state index in [9.17, 15) is 46.0 Å². The van der Waals surface area contributed by atoms with Gasteiger partial charge in [0.05, 0.1) is 12.0 Å². The molecule has 41 heavy (non-hydrogen) atoms. The summed E-state index contributed by atoms with van der Waals surface area (Å²) in [5.74, 6) is -3.76. The van der Waals surface area contributed by atoms with Gasteiger partial charge in [0.2, 0.25) is 0 Å². The molecule has 0 spiro atoms. The van der Waals surface area contributed by atoms with Crippen LogP contribution in [0, 0.1) is 0 Å². The summed E-state index contributed by atoms with van der Waals surface area (Å²) in [6.07, 6.45) is -5.05. The first-order valence-electron chi connectivity index (χ1n) is 12.7. The predicted octanol–water partition coefficient (Wildman–Crippen LogP) is 3.29. The van der Waals surface area contributed by atoms with Gasteiger partial charge in [-0.05, 0) is 35.4 Å². The molecule has 4 aromatic rings. The average molecular weight is 563 g/mol. The third-order valence-electron chi connectivity index (χ3n) is 7.57. The molecule has 0 unspecified atom stereocenters. The van der Waals surface area contributed by atoms with Crippen LogP contribution in [0.15, 0.2) is 60.7 Å². The summed E-state index contributed by atoms with van der Waals surface area (Å²) in [4.78, 5) is 0. The Morgan fingerprint density at radius 1 is 0.561 bits per heavy atom. The first-order valence-corrected chi connectivity index (χ1v) is 12.7. The zero-order chi connectivity index (χ0) is 29.2. The van der Waals surface area contributed by atoms with Crippen LogP contribution in [0.3, 0.4) is 0 Å². The highest BCUT2D eigenvalue weighted by Crippen LogP contribution is 2.57. The van der Waals surface area contributed by atoms with Crippen molar-refractivity contribution >= 4 is 0 Å². The highest BCUT2D eigenvalue weighted by Gasteiger charge is 2.46. The van der Waals surface area contributed by atoms with E-state index >= 15 is 0 Å². The molecule has 4 aromatic carbocycles. The number of hydrogen-bond donors (Lipinski definition) is 9. The summed E-state index contributed by atoms with van der Waals surface area (Å²) in [7, 11) is 0. The Kier molecular flexibility index (Phi) is 6.13. The van der Waals surface area contributed by atoms with E-state index in [-0.39, 0.29) is 63.2 Å². The van der Waals surface area contributed by atoms with Crippen molar-refractivity contribution < 1.29 is 55.4 Å². The molecular formula is C30H26O11. The third-order valence-corrected chi connectivity index (χ3v) is 7.57. The number of hydrogen-bond acceptors (Lipinski definition) is 11. The van der Waals surface area contributed by atoms with Crippen molar-refractivity contribution in [3.05, 3.63) is 88.5 Å². The van der Waals surface area contributed by atoms with Crippen LogP contribution in [-0.2, 0) is 6.42 Å². The highest BCUT2D eigenvalue weighted by atomic mass is 16.5. The smallest absolute Gasteiger partial charge is 0.157 e. The molecule has 0 saturated heterocycles. The fourth-order valence-electron chi connectivity index (χ4n) is 5.66. The van der Waals surface area contributed by atoms with E-state index in [0.717, 1.165) is 12.1 Å². The summed E-state index contributed by atoms with van der Waals surface area (Å²) in [5.41, 5.74) is 0.857. The molecule has 2 aliphatic heterocycles. The molecule has 11 heteroatoms. The van der Waals surface area contributed by atoms with E-state index in [1.807, 2.05) is 0 Å². The van der Waals surface area contributed by atoms with Gasteiger partial charge in [-0.2, -0.15) is 0 Å². The second-order valence-corrected chi connectivity index (χ2v) is 10.2. The van der Waals surface area contributed by atoms with Gasteiger partial charge < -0.3 is 55.4 Å². The quantitative estimate of drug-likeness (QED) is 0.166. The monoisotopic (exact) mass is 562 g/mol. The van der Waals surface area contributed by atoms with Crippen molar-refractivity contribution in [1.82, 2.24) is 0 Å². The second-order valence-electron chi connectivity index (χ2n) is 10.2. The molecule has 0 bridgehead atoms. The summed E-state index contributed by atoms with van der Waals surface area (Å²) in [5, 5.41) is 95.2. The average Bonchev–Trinajstić information content (AvgIpc) is 2.92. The number of benzene rings is 4. The van der Waals surface area contributed by atoms with Crippen LogP contribution >= 0.6 is 0 Å². The normalized spacial score (nSPS) is 23.1. The number of phenols is 7. The summed E-state index contributed by atoms with van der Waals surface area (Å²) in [6.45, 7) is 0. The van der Waals surface area contributed by atoms with Gasteiger partial charge in [-0.25, -0.2) is 0 Å². The molecule has 6 rings (SSSR count). The maximum absolute atomic E-state index is 11.7. The summed E-state index contributed by atoms with van der Waals surface area (Å²) in [6, 6.07) is 13.1. The van der Waals surface area contributed by atoms with Crippen molar-refractivity contribution in [3.8, 4) is 51.7 Å². The van der Waals surface area contributed by atoms with E-state index in [1.54, 1.807) is 0 Å². The lowest BCUT2D eigenvalue weighted by Gasteiger charge is -2.40. The molecule has 0 saturated carbocycles. The number of ether oxygens (including phenoxy) is 2. The second kappa shape index (κ2) is 9.58. The number of rotatable bonds is 3. The van der Waals surface area contributed by atoms with Crippen molar-refractivity contribution in [2.75, 3.05) is 0 Å². The minimum absolute atomic E-state index is 0.00736. The van der Waals surface area contributed by atoms with Gasteiger partial charge in [-0.3, -0.25) is 0 Å². The molecule has 9 N–H and O–H groups in total. The van der Waals surface area contributed by atoms with Crippen LogP contribution in [0.4, 0.5) is 0 Å². The van der Waals surface area contributed by atoms with Gasteiger partial charge in [0, 0.05) is 41.3 Å². The minimum Gasteiger partial charge on any atom is -0.508 e. The van der Waals surface area contributed by atoms with Gasteiger partial charge >= 0.3 is 0 Å². The molecule has 0 aliphatic carbocycles. The molecular weight excluding hydrogens is 536 g/mol. The Balaban J connectivity index is 1.55. The van der Waals surface area contributed by atoms with E-state index in [1.165, 1.54) is 48.5 Å². The van der Waals surface area contributed by atoms with Gasteiger partial charge in [-0.1, -0.05) is 18.2 Å². The highest BCUT2D eigenvalue weighted by molar-refractivity contribution is 5.65. The molecule has 0 fully saturated rings. The van der Waals surface area contributed by atoms with Gasteiger partial charge in [0.1, 0.15) is 52.5 Å². The molecule has 0 aromatic heterocycles. The van der Waals surface area contributed by atoms with Crippen LogP contribution in [0.25, 0.3) is 0 Å². The maximum Gasteiger partial charge on any atom is 0.157 e. The van der Waals surface area contributed by atoms with E-state index < -0.39 is 47.6 Å². The Morgan fingerprint density at radius 3 is 1.95 bits per heavy atom. The lowest BCUT2D eigenvalue weighted by molar-refractivity contribution is 0.00122. The van der Waals surface area contributed by atoms with E-state index in [2.05, 4.69) is 0 Å². The van der Waals surface area contributed by atoms with Crippen LogP contribution in [0.5, 0.6) is 51.7 Å². The SMILES string of the molecule is Oc1ccc([C@H]2Oc3cc(O)cc(O)c3[C@H](c3c(O)cc(O)c4c3O[C@H](c3ccc(O)c(O)c3)[C@@H](O)C4)[C@H]2O)cc1. The number of aliphatic hydroxyl groups excluding tert-OH is 2. The zero-order valence-electron chi connectivity index (χ0n) is 21.2. The maximum atomic E-state index is 11.7. The molecule has 11 nitrogen and oxygen atoms in total. The van der Waals surface area contributed by atoms with Gasteiger partial charge in [0.25, 0.3) is 0 Å². The van der Waals surface area contributed by atoms with Crippen molar-refractivity contribution in [2.24, 2.45) is 0 Å². The van der Waals surface area contributed by atoms with Gasteiger partial charge in [-0.15, -0.1) is 0 Å². The Morgan fingerprint density at radius 2 is 1.24 bits per heavy atom. The van der Waals surface area contributed by atoms with Crippen molar-refractivity contribution in [3.63, 3.8) is 0 Å². The fraction of sp³-hybridized carbons (Fsp3) is 0.200. The first kappa shape index (κ1) is 26.2. The first-order chi connectivity index (χ1) is 19.5. The number of aliphatic hydroxyl groups is 2. The topological polar surface area (TPSA) is 201 Å². The van der Waals surface area contributed by atoms with E-state index in [4.69, 9.17) is 9.47 Å². The lowest BCUT2D eigenvalue weighted by atomic mass is 9.77. The Labute approximate surface area is 232 Å².